The molecule has 96 valence electrons. The molecule has 3 nitrogen and oxygen atoms in total. The van der Waals surface area contributed by atoms with E-state index >= 15 is 0 Å². The first-order valence-electron chi connectivity index (χ1n) is 5.91. The number of hydrogen-bond acceptors (Lipinski definition) is 3. The molecule has 0 saturated carbocycles. The Labute approximate surface area is 111 Å². The highest BCUT2D eigenvalue weighted by Crippen LogP contribution is 2.35. The lowest BCUT2D eigenvalue weighted by molar-refractivity contribution is 0.275. The standard InChI is InChI=1S/C14H16ClNO2/c1-8(2)14-10(7-17)13(16-18-14)12-9(3)5-4-6-11(12)15/h4-6,8,17H,7H2,1-3H3. The van der Waals surface area contributed by atoms with Crippen LogP contribution < -0.4 is 0 Å². The van der Waals surface area contributed by atoms with Gasteiger partial charge >= 0.3 is 0 Å². The van der Waals surface area contributed by atoms with Gasteiger partial charge in [-0.3, -0.25) is 0 Å². The van der Waals surface area contributed by atoms with Crippen molar-refractivity contribution in [3.05, 3.63) is 40.1 Å². The zero-order valence-electron chi connectivity index (χ0n) is 10.7. The van der Waals surface area contributed by atoms with Crippen LogP contribution in [0.15, 0.2) is 22.7 Å². The molecule has 0 aliphatic rings. The van der Waals surface area contributed by atoms with E-state index in [0.29, 0.717) is 16.5 Å². The minimum absolute atomic E-state index is 0.100. The molecular weight excluding hydrogens is 250 g/mol. The van der Waals surface area contributed by atoms with Crippen LogP contribution in [0.25, 0.3) is 11.3 Å². The van der Waals surface area contributed by atoms with Crippen LogP contribution in [0.4, 0.5) is 0 Å². The number of aromatic nitrogens is 1. The second kappa shape index (κ2) is 5.12. The van der Waals surface area contributed by atoms with Gasteiger partial charge in [-0.2, -0.15) is 0 Å². The molecule has 0 atom stereocenters. The van der Waals surface area contributed by atoms with E-state index in [1.807, 2.05) is 39.0 Å². The molecule has 0 aliphatic carbocycles. The predicted molar refractivity (Wildman–Crippen MR) is 71.7 cm³/mol. The largest absolute Gasteiger partial charge is 0.391 e. The Bertz CT molecular complexity index is 541. The van der Waals surface area contributed by atoms with Gasteiger partial charge in [0.25, 0.3) is 0 Å². The molecule has 1 aromatic carbocycles. The summed E-state index contributed by atoms with van der Waals surface area (Å²) in [5, 5.41) is 14.2. The molecule has 2 aromatic rings. The molecule has 0 amide bonds. The van der Waals surface area contributed by atoms with Crippen LogP contribution in [-0.4, -0.2) is 10.3 Å². The highest BCUT2D eigenvalue weighted by molar-refractivity contribution is 6.33. The lowest BCUT2D eigenvalue weighted by Gasteiger charge is -2.07. The van der Waals surface area contributed by atoms with Crippen LogP contribution in [0.1, 0.15) is 36.7 Å². The summed E-state index contributed by atoms with van der Waals surface area (Å²) in [6, 6.07) is 5.67. The van der Waals surface area contributed by atoms with E-state index in [9.17, 15) is 5.11 Å². The van der Waals surface area contributed by atoms with Gasteiger partial charge in [-0.15, -0.1) is 0 Å². The zero-order valence-corrected chi connectivity index (χ0v) is 11.5. The minimum atomic E-state index is -0.100. The first kappa shape index (κ1) is 13.1. The Hall–Kier alpha value is -1.32. The number of nitrogens with zero attached hydrogens (tertiary/aromatic N) is 1. The SMILES string of the molecule is Cc1cccc(Cl)c1-c1noc(C(C)C)c1CO. The maximum atomic E-state index is 9.54. The van der Waals surface area contributed by atoms with E-state index in [2.05, 4.69) is 5.16 Å². The van der Waals surface area contributed by atoms with E-state index in [1.54, 1.807) is 0 Å². The number of hydrogen-bond donors (Lipinski definition) is 1. The lowest BCUT2D eigenvalue weighted by atomic mass is 9.99. The van der Waals surface area contributed by atoms with Crippen molar-refractivity contribution in [2.24, 2.45) is 0 Å². The normalized spacial score (nSPS) is 11.2. The third kappa shape index (κ3) is 2.16. The van der Waals surface area contributed by atoms with Crippen molar-refractivity contribution < 1.29 is 9.63 Å². The van der Waals surface area contributed by atoms with Crippen molar-refractivity contribution >= 4 is 11.6 Å². The monoisotopic (exact) mass is 265 g/mol. The van der Waals surface area contributed by atoms with Gasteiger partial charge in [-0.1, -0.05) is 42.7 Å². The second-order valence-corrected chi connectivity index (χ2v) is 5.03. The van der Waals surface area contributed by atoms with E-state index in [0.717, 1.165) is 16.7 Å². The Kier molecular flexibility index (Phi) is 3.73. The van der Waals surface area contributed by atoms with E-state index in [-0.39, 0.29) is 12.5 Å². The van der Waals surface area contributed by atoms with Gasteiger partial charge in [0.2, 0.25) is 0 Å². The molecule has 0 spiro atoms. The van der Waals surface area contributed by atoms with Crippen LogP contribution in [0.5, 0.6) is 0 Å². The number of aliphatic hydroxyl groups is 1. The summed E-state index contributed by atoms with van der Waals surface area (Å²) >= 11 is 6.22. The van der Waals surface area contributed by atoms with Crippen LogP contribution in [-0.2, 0) is 6.61 Å². The van der Waals surface area contributed by atoms with Crippen LogP contribution in [0.2, 0.25) is 5.02 Å². The maximum absolute atomic E-state index is 9.54. The lowest BCUT2D eigenvalue weighted by Crippen LogP contribution is -1.95. The quantitative estimate of drug-likeness (QED) is 0.915. The number of rotatable bonds is 3. The molecule has 1 heterocycles. The number of halogens is 1. The summed E-state index contributed by atoms with van der Waals surface area (Å²) in [5.41, 5.74) is 3.21. The fourth-order valence-corrected chi connectivity index (χ4v) is 2.37. The Morgan fingerprint density at radius 1 is 1.39 bits per heavy atom. The number of aryl methyl sites for hydroxylation is 1. The average Bonchev–Trinajstić information content (AvgIpc) is 2.72. The molecule has 1 aromatic heterocycles. The smallest absolute Gasteiger partial charge is 0.145 e. The van der Waals surface area contributed by atoms with Crippen molar-refractivity contribution in [1.29, 1.82) is 0 Å². The molecule has 4 heteroatoms. The van der Waals surface area contributed by atoms with Gasteiger partial charge in [0, 0.05) is 17.0 Å². The van der Waals surface area contributed by atoms with E-state index < -0.39 is 0 Å². The fraction of sp³-hybridized carbons (Fsp3) is 0.357. The van der Waals surface area contributed by atoms with Gasteiger partial charge < -0.3 is 9.63 Å². The van der Waals surface area contributed by atoms with Crippen LogP contribution >= 0.6 is 11.6 Å². The van der Waals surface area contributed by atoms with Gasteiger partial charge in [0.1, 0.15) is 11.5 Å². The molecular formula is C14H16ClNO2. The summed E-state index contributed by atoms with van der Waals surface area (Å²) in [5.74, 6) is 0.892. The molecule has 0 saturated heterocycles. The summed E-state index contributed by atoms with van der Waals surface area (Å²) in [7, 11) is 0. The van der Waals surface area contributed by atoms with Gasteiger partial charge in [-0.25, -0.2) is 0 Å². The molecule has 0 aliphatic heterocycles. The topological polar surface area (TPSA) is 46.3 Å². The van der Waals surface area contributed by atoms with Crippen LogP contribution in [0, 0.1) is 6.92 Å². The minimum Gasteiger partial charge on any atom is -0.391 e. The molecule has 0 fully saturated rings. The Morgan fingerprint density at radius 2 is 2.11 bits per heavy atom. The molecule has 0 bridgehead atoms. The summed E-state index contributed by atoms with van der Waals surface area (Å²) in [6.45, 7) is 5.87. The van der Waals surface area contributed by atoms with Gasteiger partial charge in [-0.05, 0) is 18.6 Å². The third-order valence-electron chi connectivity index (χ3n) is 2.96. The first-order valence-corrected chi connectivity index (χ1v) is 6.28. The summed E-state index contributed by atoms with van der Waals surface area (Å²) in [6.07, 6.45) is 0. The second-order valence-electron chi connectivity index (χ2n) is 4.62. The average molecular weight is 266 g/mol. The molecule has 18 heavy (non-hydrogen) atoms. The third-order valence-corrected chi connectivity index (χ3v) is 3.27. The van der Waals surface area contributed by atoms with Crippen molar-refractivity contribution in [3.8, 4) is 11.3 Å². The molecule has 0 radical (unpaired) electrons. The van der Waals surface area contributed by atoms with Crippen molar-refractivity contribution in [1.82, 2.24) is 5.16 Å². The van der Waals surface area contributed by atoms with Gasteiger partial charge in [0.05, 0.1) is 11.6 Å². The van der Waals surface area contributed by atoms with Crippen molar-refractivity contribution in [3.63, 3.8) is 0 Å². The number of aliphatic hydroxyl groups excluding tert-OH is 1. The van der Waals surface area contributed by atoms with Crippen LogP contribution in [0.3, 0.4) is 0 Å². The van der Waals surface area contributed by atoms with Gasteiger partial charge in [0.15, 0.2) is 0 Å². The first-order chi connectivity index (χ1) is 8.56. The fourth-order valence-electron chi connectivity index (χ4n) is 2.06. The Balaban J connectivity index is 2.65. The van der Waals surface area contributed by atoms with Crippen molar-refractivity contribution in [2.75, 3.05) is 0 Å². The number of benzene rings is 1. The highest BCUT2D eigenvalue weighted by Gasteiger charge is 2.21. The zero-order chi connectivity index (χ0) is 13.3. The van der Waals surface area contributed by atoms with E-state index in [4.69, 9.17) is 16.1 Å². The molecule has 0 unspecified atom stereocenters. The van der Waals surface area contributed by atoms with E-state index in [1.165, 1.54) is 0 Å². The highest BCUT2D eigenvalue weighted by atomic mass is 35.5. The molecule has 1 N–H and O–H groups in total. The predicted octanol–water partition coefficient (Wildman–Crippen LogP) is 3.92. The van der Waals surface area contributed by atoms with Crippen molar-refractivity contribution in [2.45, 2.75) is 33.3 Å². The Morgan fingerprint density at radius 3 is 2.67 bits per heavy atom. The summed E-state index contributed by atoms with van der Waals surface area (Å²) < 4.78 is 5.34. The summed E-state index contributed by atoms with van der Waals surface area (Å²) in [4.78, 5) is 0. The molecule has 2 rings (SSSR count). The maximum Gasteiger partial charge on any atom is 0.145 e.